The monoisotopic (exact) mass is 508 g/mol. The number of hydrogen-bond acceptors (Lipinski definition) is 8. The van der Waals surface area contributed by atoms with E-state index in [4.69, 9.17) is 4.84 Å². The van der Waals surface area contributed by atoms with Gasteiger partial charge in [-0.1, -0.05) is 5.16 Å². The molecule has 2 heterocycles. The third kappa shape index (κ3) is 5.21. The standard InChI is InChI=1S/C27H28N2O6S/c1-4-29-23-7-5-18(25(31)22(28-35-16(2)30)13-17-9-11-36-12-10-17)14-20(23)21-15-19(6-8-24(21)29)26(32)27(33)34-3/h5-8,14-15,17H,4,9-13H2,1-3H3/b28-22+. The van der Waals surface area contributed by atoms with Gasteiger partial charge in [-0.15, -0.1) is 0 Å². The van der Waals surface area contributed by atoms with Crippen LogP contribution in [0.2, 0.25) is 0 Å². The number of aryl methyl sites for hydroxylation is 1. The van der Waals surface area contributed by atoms with Crippen molar-refractivity contribution in [1.82, 2.24) is 4.57 Å². The summed E-state index contributed by atoms with van der Waals surface area (Å²) < 4.78 is 6.66. The molecule has 0 N–H and O–H groups in total. The first-order chi connectivity index (χ1) is 17.3. The molecule has 0 bridgehead atoms. The predicted octanol–water partition coefficient (Wildman–Crippen LogP) is 4.81. The van der Waals surface area contributed by atoms with Gasteiger partial charge in [-0.2, -0.15) is 11.8 Å². The lowest BCUT2D eigenvalue weighted by Crippen LogP contribution is -2.22. The summed E-state index contributed by atoms with van der Waals surface area (Å²) in [7, 11) is 1.17. The van der Waals surface area contributed by atoms with Gasteiger partial charge in [-0.25, -0.2) is 9.59 Å². The Morgan fingerprint density at radius 1 is 0.972 bits per heavy atom. The number of carbonyl (C=O) groups excluding carboxylic acids is 4. The Hall–Kier alpha value is -3.46. The fourth-order valence-corrected chi connectivity index (χ4v) is 5.82. The third-order valence-electron chi connectivity index (χ3n) is 6.45. The summed E-state index contributed by atoms with van der Waals surface area (Å²) in [5.41, 5.74) is 2.63. The van der Waals surface area contributed by atoms with E-state index < -0.39 is 17.7 Å². The lowest BCUT2D eigenvalue weighted by atomic mass is 9.92. The number of fused-ring (bicyclic) bond motifs is 3. The number of nitrogens with zero attached hydrogens (tertiary/aromatic N) is 2. The number of Topliss-reactive ketones (excluding diaryl/α,β-unsaturated/α-hetero) is 2. The predicted molar refractivity (Wildman–Crippen MR) is 140 cm³/mol. The van der Waals surface area contributed by atoms with Crippen LogP contribution in [0.1, 0.15) is 53.8 Å². The largest absolute Gasteiger partial charge is 0.463 e. The third-order valence-corrected chi connectivity index (χ3v) is 7.49. The molecule has 0 spiro atoms. The van der Waals surface area contributed by atoms with Crippen LogP contribution in [0.3, 0.4) is 0 Å². The molecule has 0 saturated carbocycles. The van der Waals surface area contributed by atoms with Crippen molar-refractivity contribution in [2.75, 3.05) is 18.6 Å². The minimum atomic E-state index is -0.933. The molecule has 188 valence electrons. The number of oxime groups is 1. The van der Waals surface area contributed by atoms with Crippen molar-refractivity contribution in [3.05, 3.63) is 47.5 Å². The summed E-state index contributed by atoms with van der Waals surface area (Å²) in [5, 5.41) is 5.46. The van der Waals surface area contributed by atoms with Crippen molar-refractivity contribution in [2.24, 2.45) is 11.1 Å². The van der Waals surface area contributed by atoms with Crippen molar-refractivity contribution in [3.63, 3.8) is 0 Å². The summed E-state index contributed by atoms with van der Waals surface area (Å²) in [5.74, 6) is -0.160. The zero-order valence-electron chi connectivity index (χ0n) is 20.5. The van der Waals surface area contributed by atoms with Gasteiger partial charge in [0.15, 0.2) is 0 Å². The van der Waals surface area contributed by atoms with Crippen LogP contribution >= 0.6 is 11.8 Å². The Bertz CT molecular complexity index is 1380. The van der Waals surface area contributed by atoms with E-state index in [-0.39, 0.29) is 17.1 Å². The first kappa shape index (κ1) is 25.6. The number of ketones is 2. The zero-order chi connectivity index (χ0) is 25.8. The highest BCUT2D eigenvalue weighted by Gasteiger charge is 2.24. The summed E-state index contributed by atoms with van der Waals surface area (Å²) in [6.45, 7) is 3.94. The minimum Gasteiger partial charge on any atom is -0.463 e. The van der Waals surface area contributed by atoms with Gasteiger partial charge in [0.25, 0.3) is 5.78 Å². The number of methoxy groups -OCH3 is 1. The maximum Gasteiger partial charge on any atom is 0.379 e. The first-order valence-corrected chi connectivity index (χ1v) is 13.0. The van der Waals surface area contributed by atoms with E-state index in [1.54, 1.807) is 30.3 Å². The molecule has 0 radical (unpaired) electrons. The Labute approximate surface area is 213 Å². The van der Waals surface area contributed by atoms with Crippen LogP contribution in [0.25, 0.3) is 21.8 Å². The highest BCUT2D eigenvalue weighted by molar-refractivity contribution is 7.99. The molecule has 2 aromatic carbocycles. The molecule has 0 amide bonds. The van der Waals surface area contributed by atoms with Crippen molar-refractivity contribution in [2.45, 2.75) is 39.7 Å². The maximum atomic E-state index is 13.5. The highest BCUT2D eigenvalue weighted by Crippen LogP contribution is 2.32. The summed E-state index contributed by atoms with van der Waals surface area (Å²) in [4.78, 5) is 54.0. The molecule has 9 heteroatoms. The van der Waals surface area contributed by atoms with Crippen molar-refractivity contribution >= 4 is 62.8 Å². The van der Waals surface area contributed by atoms with Gasteiger partial charge in [-0.05, 0) is 80.0 Å². The van der Waals surface area contributed by atoms with Gasteiger partial charge in [0.05, 0.1) is 7.11 Å². The molecule has 0 aliphatic carbocycles. The van der Waals surface area contributed by atoms with E-state index in [1.165, 1.54) is 14.0 Å². The van der Waals surface area contributed by atoms with Crippen LogP contribution in [0.5, 0.6) is 0 Å². The summed E-state index contributed by atoms with van der Waals surface area (Å²) >= 11 is 1.90. The van der Waals surface area contributed by atoms with Crippen LogP contribution in [0.15, 0.2) is 41.6 Å². The second kappa shape index (κ2) is 11.1. The molecule has 0 unspecified atom stereocenters. The van der Waals surface area contributed by atoms with E-state index in [9.17, 15) is 19.2 Å². The van der Waals surface area contributed by atoms with E-state index in [0.29, 0.717) is 24.4 Å². The fraction of sp³-hybridized carbons (Fsp3) is 0.370. The molecular formula is C27H28N2O6S. The second-order valence-corrected chi connectivity index (χ2v) is 9.96. The van der Waals surface area contributed by atoms with Crippen LogP contribution in [-0.2, 0) is 25.7 Å². The van der Waals surface area contributed by atoms with E-state index in [0.717, 1.165) is 46.2 Å². The quantitative estimate of drug-likeness (QED) is 0.107. The number of carbonyl (C=O) groups is 4. The molecule has 4 rings (SSSR count). The number of esters is 1. The Balaban J connectivity index is 1.78. The molecular weight excluding hydrogens is 480 g/mol. The summed E-state index contributed by atoms with van der Waals surface area (Å²) in [6.07, 6.45) is 2.41. The molecule has 1 aliphatic heterocycles. The van der Waals surface area contributed by atoms with Gasteiger partial charge in [0.1, 0.15) is 5.71 Å². The second-order valence-electron chi connectivity index (χ2n) is 8.74. The topological polar surface area (TPSA) is 104 Å². The van der Waals surface area contributed by atoms with Crippen molar-refractivity contribution in [3.8, 4) is 0 Å². The maximum absolute atomic E-state index is 13.5. The van der Waals surface area contributed by atoms with Crippen LogP contribution in [0, 0.1) is 5.92 Å². The number of hydrogen-bond donors (Lipinski definition) is 0. The van der Waals surface area contributed by atoms with E-state index in [2.05, 4.69) is 14.5 Å². The number of rotatable bonds is 8. The Morgan fingerprint density at radius 2 is 1.56 bits per heavy atom. The van der Waals surface area contributed by atoms with E-state index >= 15 is 0 Å². The molecule has 3 aromatic rings. The Morgan fingerprint density at radius 3 is 2.08 bits per heavy atom. The van der Waals surface area contributed by atoms with Crippen molar-refractivity contribution < 1.29 is 28.8 Å². The highest BCUT2D eigenvalue weighted by atomic mass is 32.2. The lowest BCUT2D eigenvalue weighted by Gasteiger charge is -2.21. The number of ether oxygens (including phenoxy) is 1. The Kier molecular flexibility index (Phi) is 7.88. The van der Waals surface area contributed by atoms with Gasteiger partial charge in [-0.3, -0.25) is 9.59 Å². The number of thioether (sulfide) groups is 1. The summed E-state index contributed by atoms with van der Waals surface area (Å²) in [6, 6.07) is 10.4. The van der Waals surface area contributed by atoms with Crippen LogP contribution in [0.4, 0.5) is 0 Å². The van der Waals surface area contributed by atoms with Gasteiger partial charge in [0, 0.05) is 46.4 Å². The molecule has 0 atom stereocenters. The molecule has 1 aliphatic rings. The van der Waals surface area contributed by atoms with E-state index in [1.807, 2.05) is 24.8 Å². The molecule has 8 nitrogen and oxygen atoms in total. The van der Waals surface area contributed by atoms with Crippen molar-refractivity contribution in [1.29, 1.82) is 0 Å². The van der Waals surface area contributed by atoms with Crippen LogP contribution < -0.4 is 0 Å². The fourth-order valence-electron chi connectivity index (χ4n) is 4.62. The normalized spacial score (nSPS) is 14.7. The SMILES string of the molecule is CCn1c2ccc(C(=O)C(=O)OC)cc2c2cc(C(=O)/C(CC3CCSCC3)=N/OC(C)=O)ccc21. The van der Waals surface area contributed by atoms with Gasteiger partial charge >= 0.3 is 11.9 Å². The smallest absolute Gasteiger partial charge is 0.379 e. The average molecular weight is 509 g/mol. The first-order valence-electron chi connectivity index (χ1n) is 11.9. The molecule has 1 fully saturated rings. The zero-order valence-corrected chi connectivity index (χ0v) is 21.4. The minimum absolute atomic E-state index is 0.216. The number of benzene rings is 2. The van der Waals surface area contributed by atoms with Gasteiger partial charge in [0.2, 0.25) is 5.78 Å². The molecule has 36 heavy (non-hydrogen) atoms. The number of aromatic nitrogens is 1. The lowest BCUT2D eigenvalue weighted by molar-refractivity contribution is -0.141. The molecule has 1 saturated heterocycles. The van der Waals surface area contributed by atoms with Gasteiger partial charge < -0.3 is 14.1 Å². The van der Waals surface area contributed by atoms with Crippen LogP contribution in [-0.4, -0.2) is 52.4 Å². The average Bonchev–Trinajstić information content (AvgIpc) is 3.22. The molecule has 1 aromatic heterocycles.